The number of hydrogen-bond donors (Lipinski definition) is 5. The van der Waals surface area contributed by atoms with Crippen molar-refractivity contribution in [2.45, 2.75) is 126 Å². The van der Waals surface area contributed by atoms with Gasteiger partial charge in [-0.25, -0.2) is 13.6 Å². The summed E-state index contributed by atoms with van der Waals surface area (Å²) < 4.78 is 44.0. The van der Waals surface area contributed by atoms with Crippen LogP contribution in [-0.2, 0) is 68.7 Å². The number of likely N-dealkylation sites (tertiary alicyclic amines) is 1. The number of carbonyl (C=O) groups excluding carboxylic acids is 7. The third kappa shape index (κ3) is 18.5. The highest BCUT2D eigenvalue weighted by atomic mass is 19.1. The number of ether oxygens (including phenoxy) is 3. The first kappa shape index (κ1) is 68.9. The van der Waals surface area contributed by atoms with Crippen molar-refractivity contribution in [2.24, 2.45) is 11.5 Å². The molecule has 8 atom stereocenters. The molecule has 0 spiro atoms. The second kappa shape index (κ2) is 31.9. The summed E-state index contributed by atoms with van der Waals surface area (Å²) in [5.41, 5.74) is 14.5. The Hall–Kier alpha value is -8.41. The van der Waals surface area contributed by atoms with Gasteiger partial charge in [-0.05, 0) is 134 Å². The largest absolute Gasteiger partial charge is 0.444 e. The minimum atomic E-state index is -1.01. The molecule has 4 fully saturated rings. The number of carbonyl (C=O) groups is 7. The van der Waals surface area contributed by atoms with Crippen LogP contribution in [0.4, 0.5) is 13.6 Å². The second-order valence-corrected chi connectivity index (χ2v) is 25.6. The molecule has 7 N–H and O–H groups in total. The Morgan fingerprint density at radius 1 is 0.548 bits per heavy atom. The zero-order chi connectivity index (χ0) is 66.3. The van der Waals surface area contributed by atoms with Gasteiger partial charge in [0.2, 0.25) is 35.4 Å². The summed E-state index contributed by atoms with van der Waals surface area (Å²) >= 11 is 0. The van der Waals surface area contributed by atoms with Crippen molar-refractivity contribution in [1.82, 2.24) is 40.4 Å². The second-order valence-electron chi connectivity index (χ2n) is 25.6. The molecule has 4 saturated heterocycles. The smallest absolute Gasteiger partial charge is 0.410 e. The lowest BCUT2D eigenvalue weighted by Crippen LogP contribution is -2.64. The molecule has 4 aliphatic heterocycles. The maximum absolute atomic E-state index is 14.4. The molecule has 22 heteroatoms. The van der Waals surface area contributed by atoms with Crippen LogP contribution in [0, 0.1) is 11.6 Å². The van der Waals surface area contributed by atoms with Gasteiger partial charge in [-0.3, -0.25) is 43.5 Å². The summed E-state index contributed by atoms with van der Waals surface area (Å²) in [6.45, 7) is 8.98. The summed E-state index contributed by atoms with van der Waals surface area (Å²) in [5.74, 6) is -2.91. The highest BCUT2D eigenvalue weighted by molar-refractivity contribution is 5.93. The number of rotatable bonds is 22. The van der Waals surface area contributed by atoms with E-state index in [1.54, 1.807) is 69.1 Å². The SMILES string of the molecule is COC[C@H]1CN([C@@H](Cc2ccc3ccccc3c2)C(N)=O)CCN1C(=O)[C@@H](Cc1ccc(F)cc1)NC(=O)C1CCCN1.COC[C@H]1CN([C@@H](Cc2ccc3ccccc3c2)C(N)=O)CCN1C(=O)[C@@H](Cc1ccc(F)cc1)NC(=O)C1CCCN1C(=O)OC(C)(C)C.[HH].[HH]. The van der Waals surface area contributed by atoms with E-state index in [0.717, 1.165) is 51.2 Å². The van der Waals surface area contributed by atoms with Crippen molar-refractivity contribution >= 4 is 63.1 Å². The van der Waals surface area contributed by atoms with Crippen LogP contribution in [0.2, 0.25) is 0 Å². The average molecular weight is 1280 g/mol. The summed E-state index contributed by atoms with van der Waals surface area (Å²) in [4.78, 5) is 103. The van der Waals surface area contributed by atoms with Crippen molar-refractivity contribution in [1.29, 1.82) is 0 Å². The number of nitrogens with two attached hydrogens (primary N) is 2. The fourth-order valence-electron chi connectivity index (χ4n) is 13.1. The van der Waals surface area contributed by atoms with Gasteiger partial charge >= 0.3 is 6.09 Å². The maximum atomic E-state index is 14.4. The van der Waals surface area contributed by atoms with E-state index in [-0.39, 0.29) is 71.1 Å². The number of amides is 7. The van der Waals surface area contributed by atoms with Crippen molar-refractivity contribution in [2.75, 3.05) is 79.8 Å². The van der Waals surface area contributed by atoms with Gasteiger partial charge in [0.05, 0.1) is 43.4 Å². The first-order valence-electron chi connectivity index (χ1n) is 32.1. The Bertz CT molecular complexity index is 3580. The third-order valence-electron chi connectivity index (χ3n) is 17.8. The van der Waals surface area contributed by atoms with Gasteiger partial charge in [0.15, 0.2) is 0 Å². The van der Waals surface area contributed by atoms with Crippen LogP contribution in [0.5, 0.6) is 0 Å². The van der Waals surface area contributed by atoms with Gasteiger partial charge in [-0.2, -0.15) is 0 Å². The molecule has 93 heavy (non-hydrogen) atoms. The van der Waals surface area contributed by atoms with Crippen molar-refractivity contribution < 1.29 is 59.4 Å². The van der Waals surface area contributed by atoms with Crippen molar-refractivity contribution in [3.63, 3.8) is 0 Å². The highest BCUT2D eigenvalue weighted by Crippen LogP contribution is 2.26. The average Bonchev–Trinajstić information content (AvgIpc) is 1.79. The first-order chi connectivity index (χ1) is 44.6. The number of benzene rings is 6. The van der Waals surface area contributed by atoms with E-state index in [2.05, 4.69) is 28.1 Å². The van der Waals surface area contributed by atoms with Crippen LogP contribution in [0.15, 0.2) is 133 Å². The van der Waals surface area contributed by atoms with E-state index >= 15 is 0 Å². The monoisotopic (exact) mass is 1280 g/mol. The number of nitrogens with one attached hydrogen (secondary N) is 3. The lowest BCUT2D eigenvalue weighted by atomic mass is 9.98. The summed E-state index contributed by atoms with van der Waals surface area (Å²) in [6.07, 6.45) is 3.26. The molecule has 20 nitrogen and oxygen atoms in total. The molecule has 6 aromatic rings. The van der Waals surface area contributed by atoms with Gasteiger partial charge in [0.1, 0.15) is 35.4 Å². The molecule has 4 heterocycles. The number of halogens is 2. The normalized spacial score (nSPS) is 20.1. The van der Waals surface area contributed by atoms with Crippen LogP contribution >= 0.6 is 0 Å². The van der Waals surface area contributed by atoms with Crippen LogP contribution in [-0.4, -0.2) is 200 Å². The fourth-order valence-corrected chi connectivity index (χ4v) is 13.1. The highest BCUT2D eigenvalue weighted by Gasteiger charge is 2.43. The van der Waals surface area contributed by atoms with Crippen LogP contribution in [0.1, 0.15) is 71.6 Å². The molecular weight excluding hydrogens is 1190 g/mol. The van der Waals surface area contributed by atoms with Crippen LogP contribution in [0.3, 0.4) is 0 Å². The molecule has 0 radical (unpaired) electrons. The summed E-state index contributed by atoms with van der Waals surface area (Å²) in [6, 6.07) is 35.1. The van der Waals surface area contributed by atoms with Gasteiger partial charge in [-0.15, -0.1) is 0 Å². The standard InChI is InChI=1S/C38H48FN5O6.C33H40FN5O4.2H2/c1-38(2,3)50-37(48)44-17-7-10-32(44)35(46)41-31(21-25-12-15-29(39)16-13-25)36(47)43-19-18-42(23-30(43)24-49-4)33(34(40)45)22-26-11-14-27-8-5-6-9-28(27)20-26;1-43-21-27-20-38(30(31(35)40)19-23-8-11-24-5-2-3-6-25(24)17-23)15-16-39(27)33(42)29(18-22-9-12-26(34)13-10-22)37-32(41)28-7-4-14-36-28;;/h5-6,8-9,11-16,20,30-33H,7,10,17-19,21-24H2,1-4H3,(H2,40,45)(H,41,46);2-3,5-6,8-13,17,27-30,36H,4,7,14-16,18-21H2,1H3,(H2,35,40)(H,37,41);2*1H/t30-,31-,32?,33+;27-,28?,29-,30+;;/m11../s1. The number of primary amides is 2. The van der Waals surface area contributed by atoms with E-state index in [0.29, 0.717) is 76.9 Å². The molecule has 7 amide bonds. The number of piperazine rings is 2. The Morgan fingerprint density at radius 2 is 0.989 bits per heavy atom. The third-order valence-corrected chi connectivity index (χ3v) is 17.8. The molecule has 4 aliphatic rings. The summed E-state index contributed by atoms with van der Waals surface area (Å²) in [5, 5.41) is 13.5. The molecule has 2 unspecified atom stereocenters. The Labute approximate surface area is 545 Å². The van der Waals surface area contributed by atoms with Crippen LogP contribution < -0.4 is 27.4 Å². The fraction of sp³-hybridized carbons (Fsp3) is 0.451. The van der Waals surface area contributed by atoms with E-state index in [1.807, 2.05) is 82.6 Å². The predicted molar refractivity (Wildman–Crippen MR) is 354 cm³/mol. The Morgan fingerprint density at radius 3 is 1.41 bits per heavy atom. The summed E-state index contributed by atoms with van der Waals surface area (Å²) in [7, 11) is 3.12. The van der Waals surface area contributed by atoms with Gasteiger partial charge in [-0.1, -0.05) is 109 Å². The zero-order valence-electron chi connectivity index (χ0n) is 53.8. The number of methoxy groups -OCH3 is 2. The molecule has 10 rings (SSSR count). The lowest BCUT2D eigenvalue weighted by molar-refractivity contribution is -0.144. The Kier molecular flexibility index (Phi) is 23.7. The minimum absolute atomic E-state index is 0. The number of hydrogen-bond acceptors (Lipinski definition) is 13. The van der Waals surface area contributed by atoms with E-state index in [1.165, 1.54) is 29.2 Å². The van der Waals surface area contributed by atoms with E-state index in [9.17, 15) is 42.3 Å². The topological polar surface area (TPSA) is 252 Å². The quantitative estimate of drug-likeness (QED) is 0.0511. The van der Waals surface area contributed by atoms with Crippen molar-refractivity contribution in [3.8, 4) is 0 Å². The lowest BCUT2D eigenvalue weighted by Gasteiger charge is -2.44. The number of nitrogens with zero attached hydrogens (tertiary/aromatic N) is 5. The minimum Gasteiger partial charge on any atom is -0.444 e. The molecule has 0 bridgehead atoms. The zero-order valence-corrected chi connectivity index (χ0v) is 53.8. The van der Waals surface area contributed by atoms with Gasteiger partial charge in [0, 0.05) is 75.7 Å². The molecule has 6 aromatic carbocycles. The number of fused-ring (bicyclic) bond motifs is 2. The van der Waals surface area contributed by atoms with Gasteiger partial charge in [0.25, 0.3) is 0 Å². The van der Waals surface area contributed by atoms with Crippen molar-refractivity contribution in [3.05, 3.63) is 167 Å². The molecule has 500 valence electrons. The van der Waals surface area contributed by atoms with E-state index in [4.69, 9.17) is 25.7 Å². The first-order valence-corrected chi connectivity index (χ1v) is 32.1. The van der Waals surface area contributed by atoms with Gasteiger partial charge < -0.3 is 51.4 Å². The molecular formula is C71H92F2N10O10. The molecule has 0 aliphatic carbocycles. The molecule has 0 aromatic heterocycles. The Balaban J connectivity index is 0.000000266. The van der Waals surface area contributed by atoms with Crippen LogP contribution in [0.25, 0.3) is 21.5 Å². The van der Waals surface area contributed by atoms with E-state index < -0.39 is 71.5 Å². The predicted octanol–water partition coefficient (Wildman–Crippen LogP) is 6.17. The maximum Gasteiger partial charge on any atom is 0.410 e. The molecule has 0 saturated carbocycles.